The molecule has 1 unspecified atom stereocenters. The molecule has 1 nitrogen and oxygen atoms in total. The molecular formula is C16H25NS. The number of nitrogens with one attached hydrogen (secondary N) is 1. The zero-order valence-corrected chi connectivity index (χ0v) is 12.4. The first kappa shape index (κ1) is 14.0. The van der Waals surface area contributed by atoms with Crippen molar-refractivity contribution < 1.29 is 0 Å². The van der Waals surface area contributed by atoms with E-state index in [4.69, 9.17) is 0 Å². The maximum Gasteiger partial charge on any atom is 0.0409 e. The summed E-state index contributed by atoms with van der Waals surface area (Å²) in [7, 11) is 2.08. The van der Waals surface area contributed by atoms with Crippen LogP contribution in [0, 0.1) is 0 Å². The number of benzene rings is 1. The van der Waals surface area contributed by atoms with E-state index in [0.29, 0.717) is 6.04 Å². The average molecular weight is 263 g/mol. The summed E-state index contributed by atoms with van der Waals surface area (Å²) in [5, 5.41) is 3.46. The summed E-state index contributed by atoms with van der Waals surface area (Å²) in [4.78, 5) is 0. The van der Waals surface area contributed by atoms with E-state index in [1.165, 1.54) is 42.8 Å². The smallest absolute Gasteiger partial charge is 0.0409 e. The Balaban J connectivity index is 2.00. The normalized spacial score (nSPS) is 17.4. The van der Waals surface area contributed by atoms with Crippen molar-refractivity contribution in [1.82, 2.24) is 5.32 Å². The van der Waals surface area contributed by atoms with Crippen molar-refractivity contribution in [3.8, 4) is 0 Å². The SMILES string of the molecule is CCCSCC(NC)c1cccc(C2CCC2)c1. The minimum atomic E-state index is 0.501. The van der Waals surface area contributed by atoms with Crippen LogP contribution in [0.4, 0.5) is 0 Å². The number of thioether (sulfide) groups is 1. The van der Waals surface area contributed by atoms with Gasteiger partial charge >= 0.3 is 0 Å². The lowest BCUT2D eigenvalue weighted by molar-refractivity contribution is 0.419. The van der Waals surface area contributed by atoms with Crippen LogP contribution < -0.4 is 5.32 Å². The molecular weight excluding hydrogens is 238 g/mol. The Morgan fingerprint density at radius 2 is 2.22 bits per heavy atom. The zero-order chi connectivity index (χ0) is 12.8. The van der Waals surface area contributed by atoms with Crippen molar-refractivity contribution in [2.45, 2.75) is 44.6 Å². The van der Waals surface area contributed by atoms with Gasteiger partial charge < -0.3 is 5.32 Å². The van der Waals surface area contributed by atoms with Gasteiger partial charge in [-0.1, -0.05) is 37.6 Å². The van der Waals surface area contributed by atoms with Gasteiger partial charge in [0.1, 0.15) is 0 Å². The van der Waals surface area contributed by atoms with E-state index in [1.807, 2.05) is 0 Å². The van der Waals surface area contributed by atoms with Crippen molar-refractivity contribution in [1.29, 1.82) is 0 Å². The highest BCUT2D eigenvalue weighted by Crippen LogP contribution is 2.37. The van der Waals surface area contributed by atoms with Crippen molar-refractivity contribution >= 4 is 11.8 Å². The average Bonchev–Trinajstić information content (AvgIpc) is 2.33. The van der Waals surface area contributed by atoms with Crippen molar-refractivity contribution in [3.05, 3.63) is 35.4 Å². The van der Waals surface area contributed by atoms with E-state index >= 15 is 0 Å². The summed E-state index contributed by atoms with van der Waals surface area (Å²) >= 11 is 2.05. The Hall–Kier alpha value is -0.470. The quantitative estimate of drug-likeness (QED) is 0.734. The Kier molecular flexibility index (Phi) is 5.58. The molecule has 0 heterocycles. The van der Waals surface area contributed by atoms with Gasteiger partial charge in [-0.2, -0.15) is 11.8 Å². The van der Waals surface area contributed by atoms with Crippen molar-refractivity contribution in [2.75, 3.05) is 18.6 Å². The van der Waals surface area contributed by atoms with Crippen LogP contribution in [0.5, 0.6) is 0 Å². The number of hydrogen-bond donors (Lipinski definition) is 1. The lowest BCUT2D eigenvalue weighted by Crippen LogP contribution is -2.19. The fraction of sp³-hybridized carbons (Fsp3) is 0.625. The molecule has 1 N–H and O–H groups in total. The summed E-state index contributed by atoms with van der Waals surface area (Å²) in [6, 6.07) is 9.74. The van der Waals surface area contributed by atoms with Crippen LogP contribution in [0.2, 0.25) is 0 Å². The van der Waals surface area contributed by atoms with Crippen LogP contribution >= 0.6 is 11.8 Å². The second kappa shape index (κ2) is 7.20. The van der Waals surface area contributed by atoms with Crippen molar-refractivity contribution in [3.63, 3.8) is 0 Å². The maximum atomic E-state index is 3.46. The van der Waals surface area contributed by atoms with Gasteiger partial charge in [0, 0.05) is 11.8 Å². The van der Waals surface area contributed by atoms with Gasteiger partial charge in [0.05, 0.1) is 0 Å². The molecule has 1 aliphatic rings. The second-order valence-electron chi connectivity index (χ2n) is 5.21. The molecule has 0 aliphatic heterocycles. The summed E-state index contributed by atoms with van der Waals surface area (Å²) in [5.41, 5.74) is 3.02. The van der Waals surface area contributed by atoms with Crippen LogP contribution in [0.25, 0.3) is 0 Å². The number of rotatable bonds is 7. The molecule has 2 rings (SSSR count). The maximum absolute atomic E-state index is 3.46. The lowest BCUT2D eigenvalue weighted by Gasteiger charge is -2.27. The minimum Gasteiger partial charge on any atom is -0.312 e. The highest BCUT2D eigenvalue weighted by Gasteiger charge is 2.20. The predicted molar refractivity (Wildman–Crippen MR) is 82.5 cm³/mol. The summed E-state index contributed by atoms with van der Waals surface area (Å²) < 4.78 is 0. The molecule has 1 fully saturated rings. The van der Waals surface area contributed by atoms with Crippen LogP contribution in [0.3, 0.4) is 0 Å². The largest absolute Gasteiger partial charge is 0.312 e. The van der Waals surface area contributed by atoms with Crippen LogP contribution in [-0.4, -0.2) is 18.6 Å². The molecule has 18 heavy (non-hydrogen) atoms. The molecule has 1 aliphatic carbocycles. The van der Waals surface area contributed by atoms with Crippen LogP contribution in [-0.2, 0) is 0 Å². The fourth-order valence-corrected chi connectivity index (χ4v) is 3.51. The van der Waals surface area contributed by atoms with Gasteiger partial charge in [0.25, 0.3) is 0 Å². The van der Waals surface area contributed by atoms with E-state index in [-0.39, 0.29) is 0 Å². The first-order valence-corrected chi connectivity index (χ1v) is 8.35. The Labute approximate surface area is 116 Å². The molecule has 0 amide bonds. The molecule has 1 atom stereocenters. The molecule has 0 spiro atoms. The van der Waals surface area contributed by atoms with Gasteiger partial charge in [-0.25, -0.2) is 0 Å². The summed E-state index contributed by atoms with van der Waals surface area (Å²) in [6.07, 6.45) is 5.45. The van der Waals surface area contributed by atoms with Gasteiger partial charge in [-0.3, -0.25) is 0 Å². The third-order valence-electron chi connectivity index (χ3n) is 3.87. The fourth-order valence-electron chi connectivity index (χ4n) is 2.46. The molecule has 1 aromatic rings. The van der Waals surface area contributed by atoms with E-state index in [1.54, 1.807) is 5.56 Å². The van der Waals surface area contributed by atoms with Crippen molar-refractivity contribution in [2.24, 2.45) is 0 Å². The second-order valence-corrected chi connectivity index (χ2v) is 6.36. The van der Waals surface area contributed by atoms with Gasteiger partial charge in [0.15, 0.2) is 0 Å². The molecule has 0 saturated heterocycles. The molecule has 1 saturated carbocycles. The molecule has 1 aromatic carbocycles. The predicted octanol–water partition coefficient (Wildman–Crippen LogP) is 4.36. The van der Waals surface area contributed by atoms with E-state index in [0.717, 1.165) is 5.92 Å². The molecule has 100 valence electrons. The zero-order valence-electron chi connectivity index (χ0n) is 11.6. The molecule has 0 aromatic heterocycles. The topological polar surface area (TPSA) is 12.0 Å². The molecule has 0 bridgehead atoms. The highest BCUT2D eigenvalue weighted by molar-refractivity contribution is 7.99. The molecule has 0 radical (unpaired) electrons. The first-order valence-electron chi connectivity index (χ1n) is 7.20. The minimum absolute atomic E-state index is 0.501. The monoisotopic (exact) mass is 263 g/mol. The Morgan fingerprint density at radius 3 is 2.83 bits per heavy atom. The van der Waals surface area contributed by atoms with Gasteiger partial charge in [0.2, 0.25) is 0 Å². The Bertz CT molecular complexity index is 360. The van der Waals surface area contributed by atoms with Gasteiger partial charge in [-0.05, 0) is 49.1 Å². The van der Waals surface area contributed by atoms with Crippen LogP contribution in [0.1, 0.15) is 55.7 Å². The van der Waals surface area contributed by atoms with E-state index < -0.39 is 0 Å². The highest BCUT2D eigenvalue weighted by atomic mass is 32.2. The standard InChI is InChI=1S/C16H25NS/c1-3-10-18-12-16(17-2)15-9-5-8-14(11-15)13-6-4-7-13/h5,8-9,11,13,16-17H,3-4,6-7,10,12H2,1-2H3. The lowest BCUT2D eigenvalue weighted by atomic mass is 9.79. The van der Waals surface area contributed by atoms with E-state index in [9.17, 15) is 0 Å². The summed E-state index contributed by atoms with van der Waals surface area (Å²) in [5.74, 6) is 3.28. The summed E-state index contributed by atoms with van der Waals surface area (Å²) in [6.45, 7) is 2.25. The third kappa shape index (κ3) is 3.52. The number of hydrogen-bond acceptors (Lipinski definition) is 2. The first-order chi connectivity index (χ1) is 8.85. The third-order valence-corrected chi connectivity index (χ3v) is 5.14. The molecule has 2 heteroatoms. The van der Waals surface area contributed by atoms with Crippen LogP contribution in [0.15, 0.2) is 24.3 Å². The van der Waals surface area contributed by atoms with Gasteiger partial charge in [-0.15, -0.1) is 0 Å². The Morgan fingerprint density at radius 1 is 1.39 bits per heavy atom. The van der Waals surface area contributed by atoms with E-state index in [2.05, 4.69) is 55.3 Å².